The fourth-order valence-electron chi connectivity index (χ4n) is 1.32. The van der Waals surface area contributed by atoms with Crippen molar-refractivity contribution in [3.8, 4) is 0 Å². The van der Waals surface area contributed by atoms with Crippen LogP contribution in [0.1, 0.15) is 25.7 Å². The molecule has 0 aliphatic heterocycles. The first-order valence-electron chi connectivity index (χ1n) is 4.33. The van der Waals surface area contributed by atoms with Crippen LogP contribution in [0.25, 0.3) is 0 Å². The number of rotatable bonds is 2. The van der Waals surface area contributed by atoms with Gasteiger partial charge in [-0.3, -0.25) is 4.79 Å². The number of amides is 1. The quantitative estimate of drug-likeness (QED) is 0.709. The summed E-state index contributed by atoms with van der Waals surface area (Å²) in [6.07, 6.45) is -2.82. The Bertz CT molecular complexity index is 240. The van der Waals surface area contributed by atoms with Crippen LogP contribution in [0.5, 0.6) is 0 Å². The average molecular weight is 193 g/mol. The first-order chi connectivity index (χ1) is 5.96. The predicted octanol–water partition coefficient (Wildman–Crippen LogP) is 1.61. The van der Waals surface area contributed by atoms with Crippen molar-refractivity contribution in [2.45, 2.75) is 37.9 Å². The summed E-state index contributed by atoms with van der Waals surface area (Å²) < 4.78 is 37.1. The molecule has 2 saturated carbocycles. The van der Waals surface area contributed by atoms with E-state index in [9.17, 15) is 18.0 Å². The molecule has 2 rings (SSSR count). The summed E-state index contributed by atoms with van der Waals surface area (Å²) in [6, 6.07) is 0.00678. The van der Waals surface area contributed by atoms with Gasteiger partial charge < -0.3 is 5.32 Å². The maximum Gasteiger partial charge on any atom is 0.403 e. The minimum atomic E-state index is -4.37. The van der Waals surface area contributed by atoms with Gasteiger partial charge in [-0.25, -0.2) is 0 Å². The zero-order valence-corrected chi connectivity index (χ0v) is 6.95. The monoisotopic (exact) mass is 193 g/mol. The van der Waals surface area contributed by atoms with Gasteiger partial charge in [-0.15, -0.1) is 0 Å². The molecule has 0 bridgehead atoms. The predicted molar refractivity (Wildman–Crippen MR) is 38.9 cm³/mol. The lowest BCUT2D eigenvalue weighted by atomic mass is 10.1. The second-order valence-electron chi connectivity index (χ2n) is 3.83. The summed E-state index contributed by atoms with van der Waals surface area (Å²) in [7, 11) is 0. The Morgan fingerprint density at radius 3 is 2.15 bits per heavy atom. The van der Waals surface area contributed by atoms with Crippen molar-refractivity contribution in [3.05, 3.63) is 0 Å². The molecule has 0 heterocycles. The van der Waals surface area contributed by atoms with Gasteiger partial charge in [0.15, 0.2) is 0 Å². The van der Waals surface area contributed by atoms with E-state index in [0.29, 0.717) is 0 Å². The molecule has 0 saturated heterocycles. The minimum Gasteiger partial charge on any atom is -0.353 e. The normalized spacial score (nSPS) is 25.5. The third kappa shape index (κ3) is 1.40. The molecule has 2 aliphatic carbocycles. The third-order valence-corrected chi connectivity index (χ3v) is 2.64. The largest absolute Gasteiger partial charge is 0.403 e. The molecule has 1 amide bonds. The summed E-state index contributed by atoms with van der Waals surface area (Å²) in [6.45, 7) is 0. The van der Waals surface area contributed by atoms with E-state index in [1.165, 1.54) is 0 Å². The van der Waals surface area contributed by atoms with Crippen LogP contribution in [0.3, 0.4) is 0 Å². The van der Waals surface area contributed by atoms with Gasteiger partial charge in [-0.2, -0.15) is 13.2 Å². The van der Waals surface area contributed by atoms with Crippen LogP contribution in [0.4, 0.5) is 13.2 Å². The molecule has 2 nitrogen and oxygen atoms in total. The SMILES string of the molecule is O=C(NC1CC1)C1(C(F)(F)F)CC1. The second-order valence-corrected chi connectivity index (χ2v) is 3.83. The zero-order chi connectivity index (χ0) is 9.69. The lowest BCUT2D eigenvalue weighted by molar-refractivity contribution is -0.192. The van der Waals surface area contributed by atoms with Crippen molar-refractivity contribution in [3.63, 3.8) is 0 Å². The van der Waals surface area contributed by atoms with Crippen LogP contribution in [0.2, 0.25) is 0 Å². The Hall–Kier alpha value is -0.740. The first-order valence-corrected chi connectivity index (χ1v) is 4.33. The smallest absolute Gasteiger partial charge is 0.353 e. The molecule has 1 N–H and O–H groups in total. The molecule has 0 aromatic carbocycles. The molecule has 0 aromatic rings. The number of halogens is 3. The van der Waals surface area contributed by atoms with Crippen LogP contribution >= 0.6 is 0 Å². The van der Waals surface area contributed by atoms with Gasteiger partial charge >= 0.3 is 6.18 Å². The highest BCUT2D eigenvalue weighted by Gasteiger charge is 2.68. The summed E-state index contributed by atoms with van der Waals surface area (Å²) in [5.41, 5.74) is -2.03. The van der Waals surface area contributed by atoms with E-state index in [2.05, 4.69) is 5.32 Å². The zero-order valence-electron chi connectivity index (χ0n) is 6.95. The summed E-state index contributed by atoms with van der Waals surface area (Å²) in [5.74, 6) is -0.817. The fourth-order valence-corrected chi connectivity index (χ4v) is 1.32. The number of hydrogen-bond donors (Lipinski definition) is 1. The van der Waals surface area contributed by atoms with Gasteiger partial charge in [0.1, 0.15) is 5.41 Å². The van der Waals surface area contributed by atoms with Crippen molar-refractivity contribution in [1.82, 2.24) is 5.32 Å². The van der Waals surface area contributed by atoms with Gasteiger partial charge in [0, 0.05) is 6.04 Å². The lowest BCUT2D eigenvalue weighted by Gasteiger charge is -2.18. The highest BCUT2D eigenvalue weighted by Crippen LogP contribution is 2.57. The third-order valence-electron chi connectivity index (χ3n) is 2.64. The molecular formula is C8H10F3NO. The van der Waals surface area contributed by atoms with Gasteiger partial charge in [0.25, 0.3) is 0 Å². The lowest BCUT2D eigenvalue weighted by Crippen LogP contribution is -2.42. The van der Waals surface area contributed by atoms with Crippen molar-refractivity contribution in [2.75, 3.05) is 0 Å². The molecular weight excluding hydrogens is 183 g/mol. The van der Waals surface area contributed by atoms with E-state index in [1.54, 1.807) is 0 Å². The Balaban J connectivity index is 2.01. The summed E-state index contributed by atoms with van der Waals surface area (Å²) in [5, 5.41) is 2.40. The molecule has 0 unspecified atom stereocenters. The molecule has 13 heavy (non-hydrogen) atoms. The highest BCUT2D eigenvalue weighted by atomic mass is 19.4. The Morgan fingerprint density at radius 2 is 1.85 bits per heavy atom. The maximum absolute atomic E-state index is 12.4. The molecule has 0 atom stereocenters. The van der Waals surface area contributed by atoms with E-state index in [0.717, 1.165) is 12.8 Å². The van der Waals surface area contributed by atoms with Crippen molar-refractivity contribution in [1.29, 1.82) is 0 Å². The molecule has 74 valence electrons. The second kappa shape index (κ2) is 2.39. The Labute approximate surface area is 73.5 Å². The van der Waals surface area contributed by atoms with E-state index in [1.807, 2.05) is 0 Å². The van der Waals surface area contributed by atoms with Crippen LogP contribution in [-0.4, -0.2) is 18.1 Å². The van der Waals surface area contributed by atoms with E-state index < -0.39 is 17.5 Å². The van der Waals surface area contributed by atoms with Crippen LogP contribution < -0.4 is 5.32 Å². The number of nitrogens with one attached hydrogen (secondary N) is 1. The van der Waals surface area contributed by atoms with E-state index in [-0.39, 0.29) is 18.9 Å². The molecule has 2 fully saturated rings. The van der Waals surface area contributed by atoms with Gasteiger partial charge in [0.2, 0.25) is 5.91 Å². The van der Waals surface area contributed by atoms with Crippen LogP contribution in [-0.2, 0) is 4.79 Å². The van der Waals surface area contributed by atoms with Crippen molar-refractivity contribution in [2.24, 2.45) is 5.41 Å². The molecule has 5 heteroatoms. The first kappa shape index (κ1) is 8.84. The number of alkyl halides is 3. The number of carbonyl (C=O) groups is 1. The van der Waals surface area contributed by atoms with Crippen molar-refractivity contribution < 1.29 is 18.0 Å². The van der Waals surface area contributed by atoms with Crippen molar-refractivity contribution >= 4 is 5.91 Å². The molecule has 0 aromatic heterocycles. The number of carbonyl (C=O) groups excluding carboxylic acids is 1. The van der Waals surface area contributed by atoms with E-state index in [4.69, 9.17) is 0 Å². The topological polar surface area (TPSA) is 29.1 Å². The Morgan fingerprint density at radius 1 is 1.31 bits per heavy atom. The average Bonchev–Trinajstić information content (AvgIpc) is 2.80. The summed E-state index contributed by atoms with van der Waals surface area (Å²) >= 11 is 0. The van der Waals surface area contributed by atoms with Gasteiger partial charge in [-0.1, -0.05) is 0 Å². The van der Waals surface area contributed by atoms with Crippen LogP contribution in [0, 0.1) is 5.41 Å². The maximum atomic E-state index is 12.4. The minimum absolute atomic E-state index is 0.00678. The molecule has 2 aliphatic rings. The van der Waals surface area contributed by atoms with Crippen LogP contribution in [0.15, 0.2) is 0 Å². The molecule has 0 radical (unpaired) electrons. The summed E-state index contributed by atoms with van der Waals surface area (Å²) in [4.78, 5) is 11.2. The Kier molecular flexibility index (Phi) is 1.63. The standard InChI is InChI=1S/C8H10F3NO/c9-8(10,11)7(3-4-7)6(13)12-5-1-2-5/h5H,1-4H2,(H,12,13). The van der Waals surface area contributed by atoms with Gasteiger partial charge in [-0.05, 0) is 25.7 Å². The van der Waals surface area contributed by atoms with Gasteiger partial charge in [0.05, 0.1) is 0 Å². The fraction of sp³-hybridized carbons (Fsp3) is 0.875. The highest BCUT2D eigenvalue weighted by molar-refractivity contribution is 5.86. The number of hydrogen-bond acceptors (Lipinski definition) is 1. The molecule has 0 spiro atoms. The van der Waals surface area contributed by atoms with E-state index >= 15 is 0 Å².